The van der Waals surface area contributed by atoms with Gasteiger partial charge < -0.3 is 9.47 Å². The van der Waals surface area contributed by atoms with Crippen LogP contribution in [0.25, 0.3) is 11.2 Å². The number of aryl methyl sites for hydroxylation is 1. The Morgan fingerprint density at radius 3 is 2.70 bits per heavy atom. The molecule has 2 aromatic rings. The normalized spacial score (nSPS) is 25.0. The number of ether oxygens (including phenoxy) is 2. The van der Waals surface area contributed by atoms with Gasteiger partial charge in [0.25, 0.3) is 0 Å². The SMILES string of the molecule is CCn1c(=O)n([C@@H]2CCCOC2)c2nc(Cl)nc(O[C@@H](C)C34CCCN3CCC4)c21. The van der Waals surface area contributed by atoms with Crippen molar-refractivity contribution in [1.82, 2.24) is 24.0 Å². The van der Waals surface area contributed by atoms with Crippen molar-refractivity contribution in [2.75, 3.05) is 26.3 Å². The van der Waals surface area contributed by atoms with E-state index in [9.17, 15) is 4.79 Å². The molecule has 2 aromatic heterocycles. The molecule has 0 radical (unpaired) electrons. The van der Waals surface area contributed by atoms with Gasteiger partial charge in [0, 0.05) is 13.2 Å². The monoisotopic (exact) mass is 435 g/mol. The molecule has 0 unspecified atom stereocenters. The second-order valence-corrected chi connectivity index (χ2v) is 9.13. The van der Waals surface area contributed by atoms with Crippen molar-refractivity contribution in [1.29, 1.82) is 0 Å². The topological polar surface area (TPSA) is 74.4 Å². The lowest BCUT2D eigenvalue weighted by atomic mass is 9.88. The van der Waals surface area contributed by atoms with E-state index in [-0.39, 0.29) is 28.7 Å². The van der Waals surface area contributed by atoms with Crippen molar-refractivity contribution in [2.24, 2.45) is 0 Å². The predicted molar refractivity (Wildman–Crippen MR) is 114 cm³/mol. The molecule has 5 rings (SSSR count). The van der Waals surface area contributed by atoms with Crippen molar-refractivity contribution in [3.8, 4) is 5.88 Å². The number of halogens is 1. The molecule has 0 N–H and O–H groups in total. The summed E-state index contributed by atoms with van der Waals surface area (Å²) >= 11 is 6.32. The summed E-state index contributed by atoms with van der Waals surface area (Å²) < 4.78 is 15.6. The van der Waals surface area contributed by atoms with Gasteiger partial charge in [-0.3, -0.25) is 14.0 Å². The van der Waals surface area contributed by atoms with Gasteiger partial charge in [-0.2, -0.15) is 9.97 Å². The van der Waals surface area contributed by atoms with Crippen LogP contribution in [0.1, 0.15) is 58.4 Å². The fourth-order valence-corrected chi connectivity index (χ4v) is 6.00. The molecule has 0 aromatic carbocycles. The quantitative estimate of drug-likeness (QED) is 0.672. The Morgan fingerprint density at radius 2 is 2.03 bits per heavy atom. The van der Waals surface area contributed by atoms with Crippen molar-refractivity contribution in [3.05, 3.63) is 15.8 Å². The van der Waals surface area contributed by atoms with Gasteiger partial charge >= 0.3 is 5.69 Å². The predicted octanol–water partition coefficient (Wildman–Crippen LogP) is 3.01. The van der Waals surface area contributed by atoms with Gasteiger partial charge in [0.05, 0.1) is 18.2 Å². The van der Waals surface area contributed by atoms with Gasteiger partial charge in [-0.1, -0.05) is 0 Å². The summed E-state index contributed by atoms with van der Waals surface area (Å²) in [5, 5.41) is 0.107. The van der Waals surface area contributed by atoms with Gasteiger partial charge in [-0.05, 0) is 77.1 Å². The minimum atomic E-state index is -0.0985. The highest BCUT2D eigenvalue weighted by atomic mass is 35.5. The van der Waals surface area contributed by atoms with Crippen LogP contribution < -0.4 is 10.4 Å². The number of hydrogen-bond donors (Lipinski definition) is 0. The molecular weight excluding hydrogens is 406 g/mol. The fourth-order valence-electron chi connectivity index (χ4n) is 5.84. The summed E-state index contributed by atoms with van der Waals surface area (Å²) in [4.78, 5) is 24.8. The Bertz CT molecular complexity index is 987. The summed E-state index contributed by atoms with van der Waals surface area (Å²) in [6.45, 7) is 8.11. The van der Waals surface area contributed by atoms with E-state index in [1.54, 1.807) is 9.13 Å². The molecule has 9 heteroatoms. The molecule has 5 heterocycles. The number of imidazole rings is 1. The van der Waals surface area contributed by atoms with Crippen LogP contribution in [-0.4, -0.2) is 61.9 Å². The Labute approximate surface area is 181 Å². The summed E-state index contributed by atoms with van der Waals surface area (Å²) in [6, 6.07) is -0.0449. The van der Waals surface area contributed by atoms with E-state index in [0.717, 1.165) is 45.4 Å². The van der Waals surface area contributed by atoms with Crippen LogP contribution in [0.2, 0.25) is 5.28 Å². The average Bonchev–Trinajstić information content (AvgIpc) is 3.39. The highest BCUT2D eigenvalue weighted by molar-refractivity contribution is 6.28. The van der Waals surface area contributed by atoms with Crippen molar-refractivity contribution in [2.45, 2.75) is 76.6 Å². The van der Waals surface area contributed by atoms with Crippen molar-refractivity contribution < 1.29 is 9.47 Å². The Morgan fingerprint density at radius 1 is 1.27 bits per heavy atom. The Hall–Kier alpha value is -1.64. The van der Waals surface area contributed by atoms with Crippen LogP contribution in [0.15, 0.2) is 4.79 Å². The number of fused-ring (bicyclic) bond motifs is 2. The van der Waals surface area contributed by atoms with E-state index in [4.69, 9.17) is 21.1 Å². The standard InChI is InChI=1S/C21H30ClN5O3/c1-3-26-16-17(27(20(26)28)15-7-4-12-29-13-15)23-19(22)24-18(16)30-14(2)21-8-5-10-25(21)11-6-9-21/h14-15H,3-13H2,1-2H3/t14-,15+/m0/s1. The minimum absolute atomic E-state index is 0.0431. The number of nitrogens with zero attached hydrogens (tertiary/aromatic N) is 5. The van der Waals surface area contributed by atoms with Gasteiger partial charge in [0.15, 0.2) is 11.2 Å². The van der Waals surface area contributed by atoms with Crippen LogP contribution >= 0.6 is 11.6 Å². The van der Waals surface area contributed by atoms with Crippen molar-refractivity contribution >= 4 is 22.8 Å². The lowest BCUT2D eigenvalue weighted by molar-refractivity contribution is 0.0445. The largest absolute Gasteiger partial charge is 0.471 e. The van der Waals surface area contributed by atoms with E-state index >= 15 is 0 Å². The van der Waals surface area contributed by atoms with E-state index in [2.05, 4.69) is 21.8 Å². The maximum atomic E-state index is 13.3. The van der Waals surface area contributed by atoms with Gasteiger partial charge in [0.1, 0.15) is 6.10 Å². The lowest BCUT2D eigenvalue weighted by Crippen LogP contribution is -2.50. The van der Waals surface area contributed by atoms with E-state index in [0.29, 0.717) is 30.2 Å². The summed E-state index contributed by atoms with van der Waals surface area (Å²) in [5.41, 5.74) is 1.15. The molecule has 0 saturated carbocycles. The van der Waals surface area contributed by atoms with Gasteiger partial charge in [-0.15, -0.1) is 0 Å². The van der Waals surface area contributed by atoms with Gasteiger partial charge in [-0.25, -0.2) is 4.79 Å². The first kappa shape index (κ1) is 20.3. The molecule has 3 fully saturated rings. The molecule has 2 atom stereocenters. The number of rotatable bonds is 5. The first-order chi connectivity index (χ1) is 14.5. The third-order valence-corrected chi connectivity index (χ3v) is 7.48. The highest BCUT2D eigenvalue weighted by Crippen LogP contribution is 2.43. The van der Waals surface area contributed by atoms with Crippen LogP contribution in [0.3, 0.4) is 0 Å². The molecule has 8 nitrogen and oxygen atoms in total. The molecule has 3 saturated heterocycles. The zero-order chi connectivity index (χ0) is 20.9. The highest BCUT2D eigenvalue weighted by Gasteiger charge is 2.49. The van der Waals surface area contributed by atoms with Crippen LogP contribution in [0, 0.1) is 0 Å². The number of hydrogen-bond acceptors (Lipinski definition) is 6. The lowest BCUT2D eigenvalue weighted by Gasteiger charge is -2.37. The average molecular weight is 436 g/mol. The molecule has 3 aliphatic heterocycles. The second-order valence-electron chi connectivity index (χ2n) is 8.80. The van der Waals surface area contributed by atoms with E-state index in [1.807, 2.05) is 6.92 Å². The summed E-state index contributed by atoms with van der Waals surface area (Å²) in [6.07, 6.45) is 6.44. The summed E-state index contributed by atoms with van der Waals surface area (Å²) in [5.74, 6) is 0.417. The second kappa shape index (κ2) is 7.80. The third-order valence-electron chi connectivity index (χ3n) is 7.31. The van der Waals surface area contributed by atoms with Gasteiger partial charge in [0.2, 0.25) is 11.2 Å². The molecule has 0 aliphatic carbocycles. The maximum Gasteiger partial charge on any atom is 0.330 e. The molecule has 164 valence electrons. The summed E-state index contributed by atoms with van der Waals surface area (Å²) in [7, 11) is 0. The molecular formula is C21H30ClN5O3. The zero-order valence-corrected chi connectivity index (χ0v) is 18.5. The minimum Gasteiger partial charge on any atom is -0.471 e. The first-order valence-corrected chi connectivity index (χ1v) is 11.6. The maximum absolute atomic E-state index is 13.3. The third kappa shape index (κ3) is 3.07. The van der Waals surface area contributed by atoms with E-state index < -0.39 is 0 Å². The van der Waals surface area contributed by atoms with Crippen molar-refractivity contribution in [3.63, 3.8) is 0 Å². The Balaban J connectivity index is 1.59. The first-order valence-electron chi connectivity index (χ1n) is 11.2. The molecule has 0 amide bonds. The number of aromatic nitrogens is 4. The fraction of sp³-hybridized carbons (Fsp3) is 0.762. The molecule has 3 aliphatic rings. The molecule has 0 spiro atoms. The van der Waals surface area contributed by atoms with E-state index in [1.165, 1.54) is 12.8 Å². The van der Waals surface area contributed by atoms with Crippen LogP contribution in [0.4, 0.5) is 0 Å². The Kier molecular flexibility index (Phi) is 5.27. The zero-order valence-electron chi connectivity index (χ0n) is 17.8. The van der Waals surface area contributed by atoms with Crippen LogP contribution in [0.5, 0.6) is 5.88 Å². The smallest absolute Gasteiger partial charge is 0.330 e. The molecule has 30 heavy (non-hydrogen) atoms. The van der Waals surface area contributed by atoms with Crippen LogP contribution in [-0.2, 0) is 11.3 Å². The molecule has 0 bridgehead atoms.